The Morgan fingerprint density at radius 3 is 2.21 bits per heavy atom. The Morgan fingerprint density at radius 2 is 1.79 bits per heavy atom. The van der Waals surface area contributed by atoms with Crippen LogP contribution >= 0.6 is 0 Å². The predicted octanol–water partition coefficient (Wildman–Crippen LogP) is -1.81. The molecule has 0 atom stereocenters. The van der Waals surface area contributed by atoms with Crippen LogP contribution in [-0.2, 0) is 14.3 Å². The molecule has 0 bridgehead atoms. The molecule has 0 spiro atoms. The van der Waals surface area contributed by atoms with Crippen molar-refractivity contribution in [3.63, 3.8) is 0 Å². The zero-order chi connectivity index (χ0) is 9.90. The molecule has 0 amide bonds. The first-order chi connectivity index (χ1) is 6.02. The van der Waals surface area contributed by atoms with E-state index in [1.807, 2.05) is 0 Å². The van der Waals surface area contributed by atoms with Crippen LogP contribution in [0.1, 0.15) is 1.43 Å². The van der Waals surface area contributed by atoms with Crippen molar-refractivity contribution in [2.75, 3.05) is 0 Å². The molecule has 0 unspecified atom stereocenters. The Bertz CT molecular complexity index is 405. The van der Waals surface area contributed by atoms with Gasteiger partial charge in [0.2, 0.25) is 0 Å². The first kappa shape index (κ1) is 13.4. The molecule has 1 N–H and O–H groups in total. The number of rotatable bonds is 2. The fraction of sp³-hybridized carbons (Fsp3) is 0. The van der Waals surface area contributed by atoms with Crippen LogP contribution in [0.4, 0.5) is 4.79 Å². The zero-order valence-corrected chi connectivity index (χ0v) is 10.2. The molecule has 1 aromatic carbocycles. The third-order valence-corrected chi connectivity index (χ3v) is 2.42. The van der Waals surface area contributed by atoms with Crippen molar-refractivity contribution < 1.29 is 53.5 Å². The first-order valence-corrected chi connectivity index (χ1v) is 4.65. The maximum atomic E-state index is 11.0. The normalized spacial score (nSPS) is 10.0. The monoisotopic (exact) mass is 226 g/mol. The summed E-state index contributed by atoms with van der Waals surface area (Å²) in [4.78, 5) is 9.80. The van der Waals surface area contributed by atoms with Crippen LogP contribution in [0.3, 0.4) is 0 Å². The van der Waals surface area contributed by atoms with Crippen molar-refractivity contribution in [3.05, 3.63) is 30.3 Å². The smallest absolute Gasteiger partial charge is 1.00 e. The van der Waals surface area contributed by atoms with E-state index in [2.05, 4.69) is 4.18 Å². The Labute approximate surface area is 105 Å². The molecule has 0 aliphatic heterocycles. The van der Waals surface area contributed by atoms with Crippen LogP contribution in [0, 0.1) is 0 Å². The summed E-state index contributed by atoms with van der Waals surface area (Å²) in [5.41, 5.74) is 0. The number of carboxylic acid groups (broad SMARTS) is 1. The van der Waals surface area contributed by atoms with E-state index in [4.69, 9.17) is 5.11 Å². The standard InChI is InChI=1S/C7H6O5S.Na.H/c8-7(9)12-13(10,11)6-4-2-1-3-5-6;;/h1-5H,(H,8,9);;/q;+1;-1. The fourth-order valence-electron chi connectivity index (χ4n) is 0.729. The van der Waals surface area contributed by atoms with E-state index in [1.54, 1.807) is 6.07 Å². The minimum absolute atomic E-state index is 0. The van der Waals surface area contributed by atoms with E-state index in [9.17, 15) is 13.2 Å². The molecule has 14 heavy (non-hydrogen) atoms. The molecule has 1 aromatic rings. The minimum atomic E-state index is -4.16. The van der Waals surface area contributed by atoms with Crippen molar-refractivity contribution in [2.45, 2.75) is 4.90 Å². The molecule has 0 fully saturated rings. The van der Waals surface area contributed by atoms with Gasteiger partial charge < -0.3 is 10.7 Å². The van der Waals surface area contributed by atoms with Gasteiger partial charge in [0.1, 0.15) is 4.90 Å². The van der Waals surface area contributed by atoms with E-state index in [0.717, 1.165) is 0 Å². The molecule has 0 aliphatic rings. The fourth-order valence-corrected chi connectivity index (χ4v) is 1.50. The summed E-state index contributed by atoms with van der Waals surface area (Å²) in [5, 5.41) is 8.11. The average molecular weight is 226 g/mol. The van der Waals surface area contributed by atoms with E-state index in [1.165, 1.54) is 24.3 Å². The van der Waals surface area contributed by atoms with E-state index < -0.39 is 16.3 Å². The van der Waals surface area contributed by atoms with Gasteiger partial charge in [0.25, 0.3) is 0 Å². The topological polar surface area (TPSA) is 80.7 Å². The summed E-state index contributed by atoms with van der Waals surface area (Å²) < 4.78 is 25.8. The molecule has 7 heteroatoms. The Kier molecular flexibility index (Phi) is 5.14. The van der Waals surface area contributed by atoms with Crippen LogP contribution in [0.15, 0.2) is 35.2 Å². The molecule has 0 heterocycles. The van der Waals surface area contributed by atoms with Crippen LogP contribution in [0.5, 0.6) is 0 Å². The second-order valence-electron chi connectivity index (χ2n) is 2.12. The summed E-state index contributed by atoms with van der Waals surface area (Å²) in [6.45, 7) is 0. The largest absolute Gasteiger partial charge is 1.00 e. The molecular formula is C7H7NaO5S. The molecule has 0 saturated carbocycles. The Morgan fingerprint density at radius 1 is 1.29 bits per heavy atom. The van der Waals surface area contributed by atoms with Crippen LogP contribution in [-0.4, -0.2) is 19.7 Å². The van der Waals surface area contributed by atoms with Gasteiger partial charge in [0.15, 0.2) is 0 Å². The molecule has 0 aliphatic carbocycles. The first-order valence-electron chi connectivity index (χ1n) is 3.25. The van der Waals surface area contributed by atoms with Crippen LogP contribution in [0.25, 0.3) is 0 Å². The summed E-state index contributed by atoms with van der Waals surface area (Å²) in [7, 11) is -4.16. The van der Waals surface area contributed by atoms with Gasteiger partial charge in [-0.25, -0.2) is 4.79 Å². The molecule has 0 saturated heterocycles. The van der Waals surface area contributed by atoms with Gasteiger partial charge in [0.05, 0.1) is 0 Å². The van der Waals surface area contributed by atoms with Crippen molar-refractivity contribution in [2.24, 2.45) is 0 Å². The van der Waals surface area contributed by atoms with Gasteiger partial charge in [-0.1, -0.05) is 18.2 Å². The van der Waals surface area contributed by atoms with Gasteiger partial charge in [-0.2, -0.15) is 8.42 Å². The minimum Gasteiger partial charge on any atom is -1.00 e. The number of hydrogen-bond donors (Lipinski definition) is 1. The Balaban J connectivity index is 0. The average Bonchev–Trinajstić information content (AvgIpc) is 2.04. The molecule has 0 aromatic heterocycles. The third-order valence-electron chi connectivity index (χ3n) is 1.21. The maximum Gasteiger partial charge on any atom is 1.00 e. The SMILES string of the molecule is O=C(O)OS(=O)(=O)c1ccccc1.[H-].[Na+]. The number of carbonyl (C=O) groups is 1. The van der Waals surface area contributed by atoms with Gasteiger partial charge in [-0.05, 0) is 12.1 Å². The molecule has 0 radical (unpaired) electrons. The van der Waals surface area contributed by atoms with Crippen LogP contribution < -0.4 is 29.6 Å². The Hall–Kier alpha value is -0.560. The van der Waals surface area contributed by atoms with Gasteiger partial charge in [0, 0.05) is 0 Å². The molecule has 1 rings (SSSR count). The van der Waals surface area contributed by atoms with E-state index >= 15 is 0 Å². The maximum absolute atomic E-state index is 11.0. The summed E-state index contributed by atoms with van der Waals surface area (Å²) in [6, 6.07) is 7.05. The molecular weight excluding hydrogens is 219 g/mol. The second kappa shape index (κ2) is 5.35. The van der Waals surface area contributed by atoms with Crippen molar-refractivity contribution in [1.29, 1.82) is 0 Å². The van der Waals surface area contributed by atoms with Crippen molar-refractivity contribution >= 4 is 16.3 Å². The molecule has 72 valence electrons. The summed E-state index contributed by atoms with van der Waals surface area (Å²) >= 11 is 0. The van der Waals surface area contributed by atoms with Crippen LogP contribution in [0.2, 0.25) is 0 Å². The zero-order valence-electron chi connectivity index (χ0n) is 8.38. The predicted molar refractivity (Wildman–Crippen MR) is 43.8 cm³/mol. The second-order valence-corrected chi connectivity index (χ2v) is 3.66. The molecule has 5 nitrogen and oxygen atoms in total. The summed E-state index contributed by atoms with van der Waals surface area (Å²) in [6.07, 6.45) is -1.84. The van der Waals surface area contributed by atoms with Gasteiger partial charge in [-0.3, -0.25) is 0 Å². The van der Waals surface area contributed by atoms with E-state index in [0.29, 0.717) is 0 Å². The van der Waals surface area contributed by atoms with E-state index in [-0.39, 0.29) is 35.9 Å². The number of hydrogen-bond acceptors (Lipinski definition) is 4. The van der Waals surface area contributed by atoms with Crippen molar-refractivity contribution in [1.82, 2.24) is 0 Å². The third kappa shape index (κ3) is 3.67. The van der Waals surface area contributed by atoms with Gasteiger partial charge in [-0.15, -0.1) is 0 Å². The van der Waals surface area contributed by atoms with Crippen molar-refractivity contribution in [3.8, 4) is 0 Å². The number of benzene rings is 1. The van der Waals surface area contributed by atoms with Gasteiger partial charge >= 0.3 is 45.8 Å². The summed E-state index contributed by atoms with van der Waals surface area (Å²) in [5.74, 6) is 0. The quantitative estimate of drug-likeness (QED) is 0.474.